The zero-order valence-electron chi connectivity index (χ0n) is 16.3. The number of benzene rings is 1. The zero-order valence-corrected chi connectivity index (χ0v) is 16.3. The predicted molar refractivity (Wildman–Crippen MR) is 108 cm³/mol. The van der Waals surface area contributed by atoms with E-state index in [4.69, 9.17) is 4.74 Å². The minimum absolute atomic E-state index is 0.0380. The Morgan fingerprint density at radius 1 is 1.14 bits per heavy atom. The van der Waals surface area contributed by atoms with Crippen LogP contribution in [0, 0.1) is 5.92 Å². The summed E-state index contributed by atoms with van der Waals surface area (Å²) >= 11 is 0. The number of aromatic amines is 1. The normalized spacial score (nSPS) is 17.6. The summed E-state index contributed by atoms with van der Waals surface area (Å²) in [6, 6.07) is 8.39. The van der Waals surface area contributed by atoms with Crippen molar-refractivity contribution in [3.8, 4) is 0 Å². The molecule has 0 unspecified atom stereocenters. The molecule has 150 valence electrons. The molecule has 0 spiro atoms. The quantitative estimate of drug-likeness (QED) is 0.736. The third kappa shape index (κ3) is 4.55. The summed E-state index contributed by atoms with van der Waals surface area (Å²) in [6.45, 7) is 2.55. The highest BCUT2D eigenvalue weighted by Gasteiger charge is 2.36. The van der Waals surface area contributed by atoms with Crippen LogP contribution in [0.5, 0.6) is 0 Å². The maximum atomic E-state index is 12.7. The number of H-pyrrole nitrogens is 1. The van der Waals surface area contributed by atoms with E-state index in [2.05, 4.69) is 16.4 Å². The number of para-hydroxylation sites is 1. The first kappa shape index (κ1) is 19.0. The molecule has 1 saturated carbocycles. The first-order chi connectivity index (χ1) is 13.7. The summed E-state index contributed by atoms with van der Waals surface area (Å²) in [5.41, 5.74) is 2.27. The average Bonchev–Trinajstić information content (AvgIpc) is 3.50. The van der Waals surface area contributed by atoms with Gasteiger partial charge in [-0.1, -0.05) is 18.2 Å². The lowest BCUT2D eigenvalue weighted by Crippen LogP contribution is -2.47. The van der Waals surface area contributed by atoms with Crippen LogP contribution in [0.15, 0.2) is 30.5 Å². The van der Waals surface area contributed by atoms with Crippen molar-refractivity contribution >= 4 is 22.7 Å². The fourth-order valence-electron chi connectivity index (χ4n) is 4.03. The van der Waals surface area contributed by atoms with Gasteiger partial charge in [-0.05, 0) is 43.7 Å². The number of aromatic nitrogens is 1. The molecule has 4 rings (SSSR count). The number of amides is 2. The highest BCUT2D eigenvalue weighted by atomic mass is 16.5. The van der Waals surface area contributed by atoms with Crippen LogP contribution < -0.4 is 5.32 Å². The Kier molecular flexibility index (Phi) is 5.95. The Morgan fingerprint density at radius 3 is 2.71 bits per heavy atom. The maximum absolute atomic E-state index is 12.7. The molecule has 0 bridgehead atoms. The number of nitrogens with one attached hydrogen (secondary N) is 2. The first-order valence-electron chi connectivity index (χ1n) is 10.4. The number of carbonyl (C=O) groups excluding carboxylic acids is 2. The van der Waals surface area contributed by atoms with E-state index in [-0.39, 0.29) is 23.8 Å². The summed E-state index contributed by atoms with van der Waals surface area (Å²) in [5.74, 6) is 0.511. The Morgan fingerprint density at radius 2 is 1.93 bits per heavy atom. The van der Waals surface area contributed by atoms with E-state index in [1.54, 1.807) is 0 Å². The number of hydrogen-bond acceptors (Lipinski definition) is 3. The van der Waals surface area contributed by atoms with E-state index in [0.717, 1.165) is 44.4 Å². The van der Waals surface area contributed by atoms with Gasteiger partial charge in [0.2, 0.25) is 11.8 Å². The van der Waals surface area contributed by atoms with Gasteiger partial charge in [-0.3, -0.25) is 9.59 Å². The monoisotopic (exact) mass is 383 g/mol. The van der Waals surface area contributed by atoms with Gasteiger partial charge in [0.05, 0.1) is 0 Å². The molecule has 2 heterocycles. The van der Waals surface area contributed by atoms with Crippen LogP contribution in [0.3, 0.4) is 0 Å². The lowest BCUT2D eigenvalue weighted by molar-refractivity contribution is -0.137. The number of fused-ring (bicyclic) bond motifs is 1. The summed E-state index contributed by atoms with van der Waals surface area (Å²) < 4.78 is 5.44. The van der Waals surface area contributed by atoms with Gasteiger partial charge in [0.15, 0.2) is 0 Å². The van der Waals surface area contributed by atoms with Crippen molar-refractivity contribution in [3.63, 3.8) is 0 Å². The molecule has 1 aromatic carbocycles. The fourth-order valence-corrected chi connectivity index (χ4v) is 4.03. The number of aryl methyl sites for hydroxylation is 1. The van der Waals surface area contributed by atoms with Crippen molar-refractivity contribution in [3.05, 3.63) is 36.0 Å². The molecule has 2 aliphatic rings. The Bertz CT molecular complexity index is 821. The molecule has 6 heteroatoms. The van der Waals surface area contributed by atoms with Crippen molar-refractivity contribution < 1.29 is 14.3 Å². The predicted octanol–water partition coefficient (Wildman–Crippen LogP) is 2.63. The van der Waals surface area contributed by atoms with Crippen molar-refractivity contribution in [1.82, 2.24) is 15.2 Å². The third-order valence-corrected chi connectivity index (χ3v) is 5.81. The first-order valence-corrected chi connectivity index (χ1v) is 10.4. The molecule has 1 aliphatic heterocycles. The van der Waals surface area contributed by atoms with Gasteiger partial charge in [-0.2, -0.15) is 0 Å². The molecular formula is C22H29N3O3. The van der Waals surface area contributed by atoms with Crippen molar-refractivity contribution in [2.75, 3.05) is 26.3 Å². The SMILES string of the molecule is O=C(CCc1c[nH]c2ccccc12)NCCN(C(=O)C1CC1)C1CCOCC1. The topological polar surface area (TPSA) is 74.4 Å². The highest BCUT2D eigenvalue weighted by Crippen LogP contribution is 2.32. The van der Waals surface area contributed by atoms with Crippen LogP contribution in [0.1, 0.15) is 37.7 Å². The van der Waals surface area contributed by atoms with Gasteiger partial charge in [0.1, 0.15) is 0 Å². The summed E-state index contributed by atoms with van der Waals surface area (Å²) in [6.07, 6.45) is 6.96. The van der Waals surface area contributed by atoms with Crippen molar-refractivity contribution in [2.45, 2.75) is 44.6 Å². The van der Waals surface area contributed by atoms with Gasteiger partial charge in [0.25, 0.3) is 0 Å². The molecule has 2 aromatic rings. The van der Waals surface area contributed by atoms with Gasteiger partial charge in [0, 0.05) is 61.8 Å². The van der Waals surface area contributed by atoms with Crippen molar-refractivity contribution in [1.29, 1.82) is 0 Å². The molecule has 1 aliphatic carbocycles. The van der Waals surface area contributed by atoms with Gasteiger partial charge < -0.3 is 19.9 Å². The van der Waals surface area contributed by atoms with E-state index in [9.17, 15) is 9.59 Å². The van der Waals surface area contributed by atoms with E-state index in [1.165, 1.54) is 10.9 Å². The third-order valence-electron chi connectivity index (χ3n) is 5.81. The van der Waals surface area contributed by atoms with Gasteiger partial charge >= 0.3 is 0 Å². The number of hydrogen-bond donors (Lipinski definition) is 2. The summed E-state index contributed by atoms with van der Waals surface area (Å²) in [5, 5.41) is 4.18. The Labute approximate surface area is 165 Å². The molecule has 2 N–H and O–H groups in total. The molecular weight excluding hydrogens is 354 g/mol. The van der Waals surface area contributed by atoms with E-state index < -0.39 is 0 Å². The van der Waals surface area contributed by atoms with Gasteiger partial charge in [-0.25, -0.2) is 0 Å². The van der Waals surface area contributed by atoms with Crippen LogP contribution in [-0.4, -0.2) is 54.0 Å². The lowest BCUT2D eigenvalue weighted by atomic mass is 10.1. The molecule has 0 atom stereocenters. The van der Waals surface area contributed by atoms with E-state index in [0.29, 0.717) is 25.9 Å². The van der Waals surface area contributed by atoms with Crippen molar-refractivity contribution in [2.24, 2.45) is 5.92 Å². The molecule has 2 amide bonds. The number of rotatable bonds is 8. The Balaban J connectivity index is 1.25. The smallest absolute Gasteiger partial charge is 0.225 e. The van der Waals surface area contributed by atoms with E-state index >= 15 is 0 Å². The van der Waals surface area contributed by atoms with Crippen LogP contribution in [0.2, 0.25) is 0 Å². The standard InChI is InChI=1S/C22H29N3O3/c26-21(8-7-17-15-24-20-4-2-1-3-19(17)20)23-11-12-25(22(27)16-5-6-16)18-9-13-28-14-10-18/h1-4,15-16,18,24H,5-14H2,(H,23,26). The van der Waals surface area contributed by atoms with Crippen LogP contribution in [-0.2, 0) is 20.7 Å². The fraction of sp³-hybridized carbons (Fsp3) is 0.545. The number of nitrogens with zero attached hydrogens (tertiary/aromatic N) is 1. The minimum Gasteiger partial charge on any atom is -0.381 e. The van der Waals surface area contributed by atoms with Crippen LogP contribution in [0.25, 0.3) is 10.9 Å². The van der Waals surface area contributed by atoms with Crippen LogP contribution >= 0.6 is 0 Å². The second-order valence-electron chi connectivity index (χ2n) is 7.86. The van der Waals surface area contributed by atoms with Crippen LogP contribution in [0.4, 0.5) is 0 Å². The van der Waals surface area contributed by atoms with Gasteiger partial charge in [-0.15, -0.1) is 0 Å². The minimum atomic E-state index is 0.0380. The lowest BCUT2D eigenvalue weighted by Gasteiger charge is -2.34. The van der Waals surface area contributed by atoms with E-state index in [1.807, 2.05) is 29.3 Å². The molecule has 0 radical (unpaired) electrons. The second-order valence-corrected chi connectivity index (χ2v) is 7.86. The number of carbonyl (C=O) groups is 2. The average molecular weight is 383 g/mol. The summed E-state index contributed by atoms with van der Waals surface area (Å²) in [4.78, 5) is 30.2. The summed E-state index contributed by atoms with van der Waals surface area (Å²) in [7, 11) is 0. The largest absolute Gasteiger partial charge is 0.381 e. The zero-order chi connectivity index (χ0) is 19.3. The molecule has 1 saturated heterocycles. The highest BCUT2D eigenvalue weighted by molar-refractivity contribution is 5.84. The molecule has 28 heavy (non-hydrogen) atoms. The Hall–Kier alpha value is -2.34. The molecule has 6 nitrogen and oxygen atoms in total. The number of ether oxygens (including phenoxy) is 1. The maximum Gasteiger partial charge on any atom is 0.225 e. The second kappa shape index (κ2) is 8.78. The molecule has 2 fully saturated rings. The molecule has 1 aromatic heterocycles.